The van der Waals surface area contributed by atoms with Crippen LogP contribution in [-0.2, 0) is 0 Å². The van der Waals surface area contributed by atoms with E-state index in [4.69, 9.17) is 10.2 Å². The molecule has 0 aliphatic rings. The molecule has 0 aromatic carbocycles. The van der Waals surface area contributed by atoms with Crippen LogP contribution in [0.1, 0.15) is 0 Å². The minimum Gasteiger partial charge on any atom is -0.394 e. The lowest BCUT2D eigenvalue weighted by atomic mass is 10.8. The molecule has 0 aliphatic carbocycles. The molecule has 0 rings (SSSR count). The highest BCUT2D eigenvalue weighted by Gasteiger charge is 1.58. The Morgan fingerprint density at radius 2 is 0.0673 bits per heavy atom. The average molecular weight is 1460 g/mol. The molecule has 0 amide bonds. The zero-order valence-corrected chi connectivity index (χ0v) is 73.0. The fourth-order valence-electron chi connectivity index (χ4n) is 0. The molecule has 0 saturated heterocycles. The second-order valence-corrected chi connectivity index (χ2v) is 0.447. The fourth-order valence-corrected chi connectivity index (χ4v) is 0. The monoisotopic (exact) mass is 1460 g/mol. The quantitative estimate of drug-likeness (QED) is 0.257. The summed E-state index contributed by atoms with van der Waals surface area (Å²) in [6, 6.07) is 0. The van der Waals surface area contributed by atoms with Gasteiger partial charge in [0.1, 0.15) is 0 Å². The first-order chi connectivity index (χ1) is 51.9. The van der Waals surface area contributed by atoms with Crippen LogP contribution in [-0.4, -0.2) is 23.4 Å². The molecule has 0 unspecified atom stereocenters. The summed E-state index contributed by atoms with van der Waals surface area (Å²) < 4.78 is 0. The van der Waals surface area contributed by atoms with Gasteiger partial charge in [-0.2, -0.15) is 0 Å². The standard InChI is InChI=1S/C2H6O2.50C2H4/c3-1-2-4;50*1-2/h3-4H,1-2H2;50*1-2H2. The molecule has 0 fully saturated rings. The van der Waals surface area contributed by atoms with Gasteiger partial charge in [-0.1, -0.05) is 0 Å². The van der Waals surface area contributed by atoms with Gasteiger partial charge < -0.3 is 10.2 Å². The van der Waals surface area contributed by atoms with E-state index in [0.717, 1.165) is 0 Å². The van der Waals surface area contributed by atoms with Gasteiger partial charge in [0.2, 0.25) is 0 Å². The predicted molar refractivity (Wildman–Crippen MR) is 577 cm³/mol. The van der Waals surface area contributed by atoms with Gasteiger partial charge in [-0.3, -0.25) is 0 Å². The summed E-state index contributed by atoms with van der Waals surface area (Å²) >= 11 is 0. The Balaban J connectivity index is -0.00000000563. The Bertz CT molecular complexity index is 323. The van der Waals surface area contributed by atoms with Gasteiger partial charge in [0, 0.05) is 0 Å². The molecule has 0 bridgehead atoms. The molecule has 0 radical (unpaired) electrons. The molecule has 0 aliphatic heterocycles. The summed E-state index contributed by atoms with van der Waals surface area (Å²) in [6.45, 7) is 300. The van der Waals surface area contributed by atoms with Crippen LogP contribution in [0, 0.1) is 0 Å². The van der Waals surface area contributed by atoms with Gasteiger partial charge in [-0.05, 0) is 0 Å². The molecule has 0 spiro atoms. The Kier molecular flexibility index (Phi) is 25700. The molecule has 626 valence electrons. The molecule has 0 aromatic rings. The number of rotatable bonds is 1. The van der Waals surface area contributed by atoms with Gasteiger partial charge in [0.05, 0.1) is 13.2 Å². The smallest absolute Gasteiger partial charge is 0.0662 e. The van der Waals surface area contributed by atoms with E-state index in [9.17, 15) is 0 Å². The van der Waals surface area contributed by atoms with Crippen LogP contribution in [0.5, 0.6) is 0 Å². The van der Waals surface area contributed by atoms with Crippen LogP contribution in [0.25, 0.3) is 0 Å². The molecule has 0 aromatic heterocycles. The third-order valence-corrected chi connectivity index (χ3v) is 0.1000. The number of aliphatic hydroxyl groups is 2. The highest BCUT2D eigenvalue weighted by atomic mass is 16.3. The molecule has 2 nitrogen and oxygen atoms in total. The summed E-state index contributed by atoms with van der Waals surface area (Å²) in [6.07, 6.45) is 0. The topological polar surface area (TPSA) is 40.5 Å². The van der Waals surface area contributed by atoms with Gasteiger partial charge in [0.15, 0.2) is 0 Å². The van der Waals surface area contributed by atoms with Crippen molar-refractivity contribution in [1.82, 2.24) is 0 Å². The Hall–Kier alpha value is -13.1. The van der Waals surface area contributed by atoms with E-state index >= 15 is 0 Å². The van der Waals surface area contributed by atoms with Gasteiger partial charge in [-0.15, -0.1) is 658 Å². The van der Waals surface area contributed by atoms with E-state index in [2.05, 4.69) is 658 Å². The SMILES string of the molecule is C=C.C=C.C=C.C=C.C=C.C=C.C=C.C=C.C=C.C=C.C=C.C=C.C=C.C=C.C=C.C=C.C=C.C=C.C=C.C=C.C=C.C=C.C=C.C=C.C=C.C=C.C=C.C=C.C=C.C=C.C=C.C=C.C=C.C=C.C=C.C=C.C=C.C=C.C=C.C=C.C=C.C=C.C=C.C=C.C=C.C=C.C=C.C=C.C=C.C=C.OCCO. The summed E-state index contributed by atoms with van der Waals surface area (Å²) in [5, 5.41) is 15.2. The van der Waals surface area contributed by atoms with Crippen molar-refractivity contribution in [2.45, 2.75) is 0 Å². The van der Waals surface area contributed by atoms with Crippen molar-refractivity contribution in [3.63, 3.8) is 0 Å². The van der Waals surface area contributed by atoms with E-state index in [0.29, 0.717) is 0 Å². The molecule has 0 atom stereocenters. The minimum absolute atomic E-state index is 0.125. The lowest BCUT2D eigenvalue weighted by Crippen LogP contribution is -1.85. The molecule has 2 heteroatoms. The van der Waals surface area contributed by atoms with Crippen LogP contribution in [0.3, 0.4) is 0 Å². The van der Waals surface area contributed by atoms with Crippen molar-refractivity contribution in [3.05, 3.63) is 658 Å². The van der Waals surface area contributed by atoms with Crippen LogP contribution < -0.4 is 0 Å². The molecular weight excluding hydrogens is 1260 g/mol. The molecule has 2 N–H and O–H groups in total. The Morgan fingerprint density at radius 1 is 0.0577 bits per heavy atom. The van der Waals surface area contributed by atoms with Crippen molar-refractivity contribution >= 4 is 0 Å². The Morgan fingerprint density at radius 3 is 0.0673 bits per heavy atom. The first-order valence-corrected chi connectivity index (χ1v) is 26.1. The predicted octanol–water partition coefficient (Wildman–Crippen LogP) is 39.1. The van der Waals surface area contributed by atoms with Crippen molar-refractivity contribution in [2.75, 3.05) is 13.2 Å². The van der Waals surface area contributed by atoms with Crippen molar-refractivity contribution in [3.8, 4) is 0 Å². The van der Waals surface area contributed by atoms with Crippen molar-refractivity contribution < 1.29 is 10.2 Å². The zero-order chi connectivity index (χ0) is 103. The summed E-state index contributed by atoms with van der Waals surface area (Å²) in [5.74, 6) is 0. The van der Waals surface area contributed by atoms with Crippen LogP contribution in [0.2, 0.25) is 0 Å². The van der Waals surface area contributed by atoms with E-state index in [1.807, 2.05) is 0 Å². The van der Waals surface area contributed by atoms with Crippen molar-refractivity contribution in [1.29, 1.82) is 0 Å². The second kappa shape index (κ2) is 5790. The number of hydrogen-bond donors (Lipinski definition) is 2. The molecule has 0 saturated carbocycles. The normalized spacial score (nSPS) is 2.21. The number of hydrogen-bond acceptors (Lipinski definition) is 2. The highest BCUT2D eigenvalue weighted by molar-refractivity contribution is 4.32. The van der Waals surface area contributed by atoms with E-state index in [1.165, 1.54) is 0 Å². The maximum Gasteiger partial charge on any atom is 0.0662 e. The number of aliphatic hydroxyl groups excluding tert-OH is 2. The minimum atomic E-state index is -0.125. The van der Waals surface area contributed by atoms with E-state index in [1.54, 1.807) is 0 Å². The maximum atomic E-state index is 7.62. The second-order valence-electron chi connectivity index (χ2n) is 0.447. The summed E-state index contributed by atoms with van der Waals surface area (Å²) in [4.78, 5) is 0. The van der Waals surface area contributed by atoms with Gasteiger partial charge in [0.25, 0.3) is 0 Å². The average Bonchev–Trinajstić information content (AvgIpc) is 3.89. The lowest BCUT2D eigenvalue weighted by molar-refractivity contribution is 0.186. The molecule has 0 heterocycles. The van der Waals surface area contributed by atoms with Crippen LogP contribution >= 0.6 is 0 Å². The third kappa shape index (κ3) is 4710. The molecular formula is C102H206O2. The fraction of sp³-hybridized carbons (Fsp3) is 0.0196. The van der Waals surface area contributed by atoms with Gasteiger partial charge in [-0.25, -0.2) is 0 Å². The highest BCUT2D eigenvalue weighted by Crippen LogP contribution is 1.39. The van der Waals surface area contributed by atoms with E-state index in [-0.39, 0.29) is 13.2 Å². The largest absolute Gasteiger partial charge is 0.394 e. The third-order valence-electron chi connectivity index (χ3n) is 0.1000. The first kappa shape index (κ1) is 461. The first-order valence-electron chi connectivity index (χ1n) is 26.1. The van der Waals surface area contributed by atoms with E-state index < -0.39 is 0 Å². The van der Waals surface area contributed by atoms with Crippen LogP contribution in [0.4, 0.5) is 0 Å². The summed E-state index contributed by atoms with van der Waals surface area (Å²) in [7, 11) is 0. The Labute approximate surface area is 677 Å². The van der Waals surface area contributed by atoms with Crippen molar-refractivity contribution in [2.24, 2.45) is 0 Å². The van der Waals surface area contributed by atoms with Crippen LogP contribution in [0.15, 0.2) is 658 Å². The lowest BCUT2D eigenvalue weighted by Gasteiger charge is -1.70. The zero-order valence-electron chi connectivity index (χ0n) is 73.0. The summed E-state index contributed by atoms with van der Waals surface area (Å²) in [5.41, 5.74) is 0. The molecule has 104 heavy (non-hydrogen) atoms. The van der Waals surface area contributed by atoms with Gasteiger partial charge >= 0.3 is 0 Å². The maximum absolute atomic E-state index is 7.62.